The second-order valence-electron chi connectivity index (χ2n) is 4.99. The number of nitrogens with zero attached hydrogens (tertiary/aromatic N) is 2. The molecule has 0 saturated carbocycles. The van der Waals surface area contributed by atoms with E-state index in [1.165, 1.54) is 30.5 Å². The molecule has 3 aromatic rings. The number of benzene rings is 2. The summed E-state index contributed by atoms with van der Waals surface area (Å²) in [6.07, 6.45) is 3.42. The van der Waals surface area contributed by atoms with E-state index in [4.69, 9.17) is 11.6 Å². The van der Waals surface area contributed by atoms with Gasteiger partial charge in [-0.3, -0.25) is 4.79 Å². The molecule has 0 aliphatic rings. The van der Waals surface area contributed by atoms with Gasteiger partial charge in [0.2, 0.25) is 0 Å². The average molecular weight is 342 g/mol. The number of amides is 1. The lowest BCUT2D eigenvalue weighted by Gasteiger charge is -2.06. The van der Waals surface area contributed by atoms with E-state index >= 15 is 0 Å². The summed E-state index contributed by atoms with van der Waals surface area (Å²) in [7, 11) is 0. The molecule has 0 fully saturated rings. The van der Waals surface area contributed by atoms with Crippen LogP contribution in [0.25, 0.3) is 5.69 Å². The third kappa shape index (κ3) is 3.70. The van der Waals surface area contributed by atoms with Crippen LogP contribution in [0.2, 0.25) is 5.02 Å². The zero-order valence-electron chi connectivity index (χ0n) is 12.5. The Kier molecular flexibility index (Phi) is 4.72. The Morgan fingerprint density at radius 3 is 2.50 bits per heavy atom. The fourth-order valence-electron chi connectivity index (χ4n) is 2.16. The second-order valence-corrected chi connectivity index (χ2v) is 5.42. The lowest BCUT2D eigenvalue weighted by molar-refractivity contribution is 0.0955. The smallest absolute Gasteiger partial charge is 0.271 e. The molecule has 2 aromatic carbocycles. The molecule has 1 amide bonds. The van der Waals surface area contributed by atoms with Crippen LogP contribution in [0.3, 0.4) is 0 Å². The Morgan fingerprint density at radius 2 is 1.79 bits per heavy atom. The van der Waals surface area contributed by atoms with Gasteiger partial charge in [-0.05, 0) is 60.7 Å². The van der Waals surface area contributed by atoms with Crippen LogP contribution in [0.4, 0.5) is 4.39 Å². The molecule has 0 aliphatic heterocycles. The fourth-order valence-corrected chi connectivity index (χ4v) is 2.28. The maximum absolute atomic E-state index is 12.8. The predicted octanol–water partition coefficient (Wildman–Crippen LogP) is 4.03. The van der Waals surface area contributed by atoms with Crippen molar-refractivity contribution >= 4 is 23.7 Å². The first kappa shape index (κ1) is 16.0. The van der Waals surface area contributed by atoms with Crippen LogP contribution in [0, 0.1) is 5.82 Å². The van der Waals surface area contributed by atoms with Crippen molar-refractivity contribution in [2.24, 2.45) is 5.10 Å². The van der Waals surface area contributed by atoms with Crippen LogP contribution in [0.5, 0.6) is 0 Å². The van der Waals surface area contributed by atoms with Crippen LogP contribution < -0.4 is 5.43 Å². The van der Waals surface area contributed by atoms with Gasteiger partial charge >= 0.3 is 0 Å². The van der Waals surface area contributed by atoms with Crippen LogP contribution in [0.1, 0.15) is 16.1 Å². The van der Waals surface area contributed by atoms with E-state index in [0.717, 1.165) is 11.4 Å². The molecular weight excluding hydrogens is 329 g/mol. The normalized spacial score (nSPS) is 10.9. The van der Waals surface area contributed by atoms with Crippen molar-refractivity contribution in [1.82, 2.24) is 9.99 Å². The number of carbonyl (C=O) groups excluding carboxylic acids is 1. The highest BCUT2D eigenvalue weighted by Gasteiger charge is 2.04. The summed E-state index contributed by atoms with van der Waals surface area (Å²) < 4.78 is 14.8. The number of hydrogen-bond donors (Lipinski definition) is 1. The fraction of sp³-hybridized carbons (Fsp3) is 0. The summed E-state index contributed by atoms with van der Waals surface area (Å²) in [4.78, 5) is 11.9. The van der Waals surface area contributed by atoms with Crippen molar-refractivity contribution in [3.63, 3.8) is 0 Å². The number of aromatic nitrogens is 1. The number of halogens is 2. The first-order valence-electron chi connectivity index (χ1n) is 7.16. The van der Waals surface area contributed by atoms with E-state index in [1.807, 2.05) is 35.0 Å². The number of nitrogens with one attached hydrogen (secondary N) is 1. The highest BCUT2D eigenvalue weighted by Crippen LogP contribution is 2.15. The molecule has 3 rings (SSSR count). The third-order valence-corrected chi connectivity index (χ3v) is 3.61. The Morgan fingerprint density at radius 1 is 1.08 bits per heavy atom. The maximum Gasteiger partial charge on any atom is 0.271 e. The molecule has 1 aromatic heterocycles. The molecule has 0 unspecified atom stereocenters. The Labute approximate surface area is 143 Å². The molecule has 6 heteroatoms. The minimum atomic E-state index is -0.407. The first-order valence-corrected chi connectivity index (χ1v) is 7.53. The van der Waals surface area contributed by atoms with E-state index < -0.39 is 11.7 Å². The lowest BCUT2D eigenvalue weighted by atomic mass is 10.2. The molecule has 0 atom stereocenters. The molecule has 0 aliphatic carbocycles. The summed E-state index contributed by atoms with van der Waals surface area (Å²) in [5, 5.41) is 4.61. The van der Waals surface area contributed by atoms with Crippen LogP contribution in [-0.2, 0) is 0 Å². The minimum absolute atomic E-state index is 0.335. The molecule has 1 heterocycles. The summed E-state index contributed by atoms with van der Waals surface area (Å²) in [6.45, 7) is 0. The average Bonchev–Trinajstić information content (AvgIpc) is 3.04. The van der Waals surface area contributed by atoms with Gasteiger partial charge in [0.05, 0.1) is 11.9 Å². The van der Waals surface area contributed by atoms with Gasteiger partial charge < -0.3 is 4.57 Å². The van der Waals surface area contributed by atoms with Crippen molar-refractivity contribution in [2.75, 3.05) is 0 Å². The molecule has 0 radical (unpaired) electrons. The lowest BCUT2D eigenvalue weighted by Crippen LogP contribution is -2.17. The molecule has 120 valence electrons. The van der Waals surface area contributed by atoms with Crippen LogP contribution >= 0.6 is 11.6 Å². The zero-order chi connectivity index (χ0) is 16.9. The van der Waals surface area contributed by atoms with Gasteiger partial charge in [-0.25, -0.2) is 9.82 Å². The monoisotopic (exact) mass is 341 g/mol. The van der Waals surface area contributed by atoms with Crippen LogP contribution in [0.15, 0.2) is 72.0 Å². The quantitative estimate of drug-likeness (QED) is 0.565. The Balaban J connectivity index is 1.71. The molecule has 4 nitrogen and oxygen atoms in total. The van der Waals surface area contributed by atoms with E-state index in [0.29, 0.717) is 10.6 Å². The topological polar surface area (TPSA) is 46.4 Å². The first-order chi connectivity index (χ1) is 11.6. The van der Waals surface area contributed by atoms with Crippen molar-refractivity contribution in [1.29, 1.82) is 0 Å². The number of rotatable bonds is 4. The second kappa shape index (κ2) is 7.10. The summed E-state index contributed by atoms with van der Waals surface area (Å²) in [5.74, 6) is -0.799. The van der Waals surface area contributed by atoms with E-state index in [2.05, 4.69) is 10.5 Å². The summed E-state index contributed by atoms with van der Waals surface area (Å²) >= 11 is 5.89. The van der Waals surface area contributed by atoms with E-state index in [9.17, 15) is 9.18 Å². The van der Waals surface area contributed by atoms with Crippen molar-refractivity contribution < 1.29 is 9.18 Å². The predicted molar refractivity (Wildman–Crippen MR) is 92.2 cm³/mol. The SMILES string of the molecule is O=C(N/N=C\c1cccn1-c1ccc(Cl)cc1)c1ccc(F)cc1. The van der Waals surface area contributed by atoms with Gasteiger partial charge in [-0.15, -0.1) is 0 Å². The van der Waals surface area contributed by atoms with Crippen molar-refractivity contribution in [3.05, 3.63) is 89.0 Å². The highest BCUT2D eigenvalue weighted by molar-refractivity contribution is 6.30. The summed E-state index contributed by atoms with van der Waals surface area (Å²) in [5.41, 5.74) is 4.47. The summed E-state index contributed by atoms with van der Waals surface area (Å²) in [6, 6.07) is 16.4. The van der Waals surface area contributed by atoms with Crippen molar-refractivity contribution in [2.45, 2.75) is 0 Å². The Bertz CT molecular complexity index is 870. The van der Waals surface area contributed by atoms with Gasteiger partial charge in [0, 0.05) is 22.5 Å². The molecule has 24 heavy (non-hydrogen) atoms. The molecular formula is C18H13ClFN3O. The van der Waals surface area contributed by atoms with Gasteiger partial charge in [0.15, 0.2) is 0 Å². The third-order valence-electron chi connectivity index (χ3n) is 3.35. The highest BCUT2D eigenvalue weighted by atomic mass is 35.5. The minimum Gasteiger partial charge on any atom is -0.316 e. The van der Waals surface area contributed by atoms with E-state index in [-0.39, 0.29) is 0 Å². The molecule has 0 saturated heterocycles. The van der Waals surface area contributed by atoms with Gasteiger partial charge in [-0.1, -0.05) is 11.6 Å². The number of hydrogen-bond acceptors (Lipinski definition) is 2. The van der Waals surface area contributed by atoms with Gasteiger partial charge in [0.25, 0.3) is 5.91 Å². The molecule has 0 bridgehead atoms. The van der Waals surface area contributed by atoms with Gasteiger partial charge in [-0.2, -0.15) is 5.10 Å². The molecule has 0 spiro atoms. The Hall–Kier alpha value is -2.92. The number of hydrazone groups is 1. The van der Waals surface area contributed by atoms with Crippen molar-refractivity contribution in [3.8, 4) is 5.69 Å². The largest absolute Gasteiger partial charge is 0.316 e. The van der Waals surface area contributed by atoms with E-state index in [1.54, 1.807) is 12.1 Å². The molecule has 1 N–H and O–H groups in total. The maximum atomic E-state index is 12.8. The standard InChI is InChI=1S/C18H13ClFN3O/c19-14-5-9-16(10-6-14)23-11-1-2-17(23)12-21-22-18(24)13-3-7-15(20)8-4-13/h1-12H,(H,22,24)/b21-12-. The van der Waals surface area contributed by atoms with Gasteiger partial charge in [0.1, 0.15) is 5.82 Å². The number of carbonyl (C=O) groups is 1. The van der Waals surface area contributed by atoms with Crippen LogP contribution in [-0.4, -0.2) is 16.7 Å². The zero-order valence-corrected chi connectivity index (χ0v) is 13.2.